The van der Waals surface area contributed by atoms with E-state index in [1.165, 1.54) is 29.7 Å². The summed E-state index contributed by atoms with van der Waals surface area (Å²) in [6, 6.07) is 4.96. The summed E-state index contributed by atoms with van der Waals surface area (Å²) in [5, 5.41) is 7.03. The molecule has 3 heteroatoms. The van der Waals surface area contributed by atoms with E-state index in [2.05, 4.69) is 22.8 Å². The zero-order valence-electron chi connectivity index (χ0n) is 9.68. The number of hydrogen-bond acceptors (Lipinski definition) is 3. The molecule has 3 rings (SSSR count). The van der Waals surface area contributed by atoms with Gasteiger partial charge in [0.05, 0.1) is 12.8 Å². The van der Waals surface area contributed by atoms with Crippen molar-refractivity contribution in [2.75, 3.05) is 19.0 Å². The first-order valence-corrected chi connectivity index (χ1v) is 6.04. The molecule has 1 saturated carbocycles. The Morgan fingerprint density at radius 3 is 3.00 bits per heavy atom. The highest BCUT2D eigenvalue weighted by Gasteiger charge is 2.25. The fourth-order valence-electron chi connectivity index (χ4n) is 2.30. The molecule has 0 bridgehead atoms. The Labute approximate surface area is 96.2 Å². The molecule has 0 radical (unpaired) electrons. The molecule has 2 N–H and O–H groups in total. The first-order valence-electron chi connectivity index (χ1n) is 6.04. The summed E-state index contributed by atoms with van der Waals surface area (Å²) in [4.78, 5) is 0. The Hall–Kier alpha value is -1.22. The maximum atomic E-state index is 5.45. The molecule has 86 valence electrons. The molecular formula is C13H18N2O. The van der Waals surface area contributed by atoms with Gasteiger partial charge in [-0.25, -0.2) is 0 Å². The largest absolute Gasteiger partial charge is 0.495 e. The summed E-state index contributed by atoms with van der Waals surface area (Å²) < 4.78 is 5.45. The van der Waals surface area contributed by atoms with Gasteiger partial charge in [-0.05, 0) is 43.0 Å². The molecule has 0 atom stereocenters. The fourth-order valence-corrected chi connectivity index (χ4v) is 2.30. The van der Waals surface area contributed by atoms with E-state index in [1.807, 2.05) is 0 Å². The number of hydrogen-bond donors (Lipinski definition) is 2. The second-order valence-electron chi connectivity index (χ2n) is 4.63. The summed E-state index contributed by atoms with van der Waals surface area (Å²) in [6.45, 7) is 2.05. The Morgan fingerprint density at radius 2 is 2.25 bits per heavy atom. The van der Waals surface area contributed by atoms with Crippen LogP contribution in [0, 0.1) is 0 Å². The third-order valence-electron chi connectivity index (χ3n) is 3.39. The summed E-state index contributed by atoms with van der Waals surface area (Å²) in [7, 11) is 1.75. The zero-order valence-corrected chi connectivity index (χ0v) is 9.68. The van der Waals surface area contributed by atoms with Gasteiger partial charge in [-0.15, -0.1) is 0 Å². The number of rotatable bonds is 3. The highest BCUT2D eigenvalue weighted by atomic mass is 16.5. The van der Waals surface area contributed by atoms with Gasteiger partial charge in [-0.2, -0.15) is 0 Å². The second-order valence-corrected chi connectivity index (χ2v) is 4.63. The highest BCUT2D eigenvalue weighted by molar-refractivity contribution is 5.66. The number of methoxy groups -OCH3 is 1. The van der Waals surface area contributed by atoms with Crippen LogP contribution >= 0.6 is 0 Å². The Morgan fingerprint density at radius 1 is 1.38 bits per heavy atom. The number of ether oxygens (including phenoxy) is 1. The van der Waals surface area contributed by atoms with Gasteiger partial charge in [0.1, 0.15) is 5.75 Å². The monoisotopic (exact) mass is 218 g/mol. The fraction of sp³-hybridized carbons (Fsp3) is 0.538. The lowest BCUT2D eigenvalue weighted by Crippen LogP contribution is -2.25. The standard InChI is InChI=1S/C13H18N2O/c1-16-12-5-2-9-6-7-14-8-11(9)13(12)15-10-3-4-10/h2,5,10,14-15H,3-4,6-8H2,1H3. The summed E-state index contributed by atoms with van der Waals surface area (Å²) in [5.41, 5.74) is 4.08. The molecule has 0 saturated heterocycles. The van der Waals surface area contributed by atoms with Gasteiger partial charge in [0.15, 0.2) is 0 Å². The number of anilines is 1. The summed E-state index contributed by atoms with van der Waals surface area (Å²) in [6.07, 6.45) is 3.71. The molecule has 1 aromatic carbocycles. The SMILES string of the molecule is COc1ccc2c(c1NC1CC1)CNCC2. The predicted molar refractivity (Wildman–Crippen MR) is 65.0 cm³/mol. The normalized spacial score (nSPS) is 19.1. The van der Waals surface area contributed by atoms with Crippen LogP contribution in [0.5, 0.6) is 5.75 Å². The van der Waals surface area contributed by atoms with Crippen molar-refractivity contribution in [1.82, 2.24) is 5.32 Å². The van der Waals surface area contributed by atoms with Crippen LogP contribution in [-0.2, 0) is 13.0 Å². The summed E-state index contributed by atoms with van der Waals surface area (Å²) in [5.74, 6) is 0.981. The van der Waals surface area contributed by atoms with E-state index in [0.717, 1.165) is 25.3 Å². The van der Waals surface area contributed by atoms with Crippen LogP contribution in [0.25, 0.3) is 0 Å². The molecule has 1 fully saturated rings. The Kier molecular flexibility index (Phi) is 2.48. The molecule has 0 aromatic heterocycles. The Bertz CT molecular complexity index is 399. The lowest BCUT2D eigenvalue weighted by Gasteiger charge is -2.23. The molecule has 16 heavy (non-hydrogen) atoms. The molecule has 1 heterocycles. The first-order chi connectivity index (χ1) is 7.88. The topological polar surface area (TPSA) is 33.3 Å². The van der Waals surface area contributed by atoms with Crippen molar-refractivity contribution in [1.29, 1.82) is 0 Å². The van der Waals surface area contributed by atoms with Gasteiger partial charge in [0, 0.05) is 12.6 Å². The van der Waals surface area contributed by atoms with Crippen LogP contribution < -0.4 is 15.4 Å². The molecule has 2 aliphatic rings. The maximum Gasteiger partial charge on any atom is 0.142 e. The predicted octanol–water partition coefficient (Wildman–Crippen LogP) is 1.92. The minimum atomic E-state index is 0.669. The van der Waals surface area contributed by atoms with Gasteiger partial charge < -0.3 is 15.4 Å². The molecule has 0 amide bonds. The van der Waals surface area contributed by atoms with Crippen molar-refractivity contribution in [3.05, 3.63) is 23.3 Å². The molecule has 1 aliphatic carbocycles. The van der Waals surface area contributed by atoms with E-state index >= 15 is 0 Å². The van der Waals surface area contributed by atoms with Crippen LogP contribution in [0.4, 0.5) is 5.69 Å². The molecule has 1 aliphatic heterocycles. The van der Waals surface area contributed by atoms with Gasteiger partial charge in [-0.1, -0.05) is 6.07 Å². The third-order valence-corrected chi connectivity index (χ3v) is 3.39. The number of benzene rings is 1. The van der Waals surface area contributed by atoms with Crippen molar-refractivity contribution in [3.8, 4) is 5.75 Å². The maximum absolute atomic E-state index is 5.45. The highest BCUT2D eigenvalue weighted by Crippen LogP contribution is 2.36. The molecule has 0 unspecified atom stereocenters. The van der Waals surface area contributed by atoms with Gasteiger partial charge >= 0.3 is 0 Å². The third kappa shape index (κ3) is 1.76. The molecule has 0 spiro atoms. The minimum Gasteiger partial charge on any atom is -0.495 e. The number of fused-ring (bicyclic) bond motifs is 1. The van der Waals surface area contributed by atoms with Crippen molar-refractivity contribution in [2.45, 2.75) is 31.8 Å². The second kappa shape index (κ2) is 3.98. The molecular weight excluding hydrogens is 200 g/mol. The van der Waals surface area contributed by atoms with E-state index in [0.29, 0.717) is 6.04 Å². The molecule has 1 aromatic rings. The van der Waals surface area contributed by atoms with E-state index in [9.17, 15) is 0 Å². The van der Waals surface area contributed by atoms with E-state index < -0.39 is 0 Å². The first kappa shape index (κ1) is 9.97. The summed E-state index contributed by atoms with van der Waals surface area (Å²) >= 11 is 0. The van der Waals surface area contributed by atoms with Crippen molar-refractivity contribution >= 4 is 5.69 Å². The minimum absolute atomic E-state index is 0.669. The van der Waals surface area contributed by atoms with E-state index in [-0.39, 0.29) is 0 Å². The lowest BCUT2D eigenvalue weighted by molar-refractivity contribution is 0.415. The quantitative estimate of drug-likeness (QED) is 0.813. The van der Waals surface area contributed by atoms with Crippen LogP contribution in [0.15, 0.2) is 12.1 Å². The van der Waals surface area contributed by atoms with Crippen molar-refractivity contribution in [3.63, 3.8) is 0 Å². The van der Waals surface area contributed by atoms with Crippen LogP contribution in [0.1, 0.15) is 24.0 Å². The van der Waals surface area contributed by atoms with Crippen LogP contribution in [0.3, 0.4) is 0 Å². The van der Waals surface area contributed by atoms with Gasteiger partial charge in [0.2, 0.25) is 0 Å². The van der Waals surface area contributed by atoms with E-state index in [1.54, 1.807) is 7.11 Å². The van der Waals surface area contributed by atoms with Crippen molar-refractivity contribution in [2.24, 2.45) is 0 Å². The average Bonchev–Trinajstić information content (AvgIpc) is 3.13. The lowest BCUT2D eigenvalue weighted by atomic mass is 9.98. The molecule has 3 nitrogen and oxygen atoms in total. The van der Waals surface area contributed by atoms with Crippen molar-refractivity contribution < 1.29 is 4.74 Å². The number of nitrogens with one attached hydrogen (secondary N) is 2. The smallest absolute Gasteiger partial charge is 0.142 e. The zero-order chi connectivity index (χ0) is 11.0. The van der Waals surface area contributed by atoms with Gasteiger partial charge in [-0.3, -0.25) is 0 Å². The van der Waals surface area contributed by atoms with Crippen LogP contribution in [-0.4, -0.2) is 19.7 Å². The van der Waals surface area contributed by atoms with Crippen LogP contribution in [0.2, 0.25) is 0 Å². The average molecular weight is 218 g/mol. The van der Waals surface area contributed by atoms with Gasteiger partial charge in [0.25, 0.3) is 0 Å². The Balaban J connectivity index is 2.00. The van der Waals surface area contributed by atoms with E-state index in [4.69, 9.17) is 4.74 Å².